The van der Waals surface area contributed by atoms with Crippen LogP contribution >= 0.6 is 0 Å². The molecule has 0 aromatic heterocycles. The molecule has 0 unspecified atom stereocenters. The first-order valence-electron chi connectivity index (χ1n) is 6.62. The predicted molar refractivity (Wildman–Crippen MR) is 73.2 cm³/mol. The van der Waals surface area contributed by atoms with E-state index in [9.17, 15) is 14.4 Å². The van der Waals surface area contributed by atoms with Crippen LogP contribution in [0.3, 0.4) is 0 Å². The van der Waals surface area contributed by atoms with Gasteiger partial charge in [0.05, 0.1) is 5.69 Å². The van der Waals surface area contributed by atoms with E-state index in [0.29, 0.717) is 11.3 Å². The van der Waals surface area contributed by atoms with Gasteiger partial charge in [-0.05, 0) is 37.1 Å². The van der Waals surface area contributed by atoms with Gasteiger partial charge in [-0.3, -0.25) is 14.4 Å². The maximum Gasteiger partial charge on any atom is 0.258 e. The summed E-state index contributed by atoms with van der Waals surface area (Å²) in [6.07, 6.45) is 4.58. The molecule has 0 saturated carbocycles. The minimum Gasteiger partial charge on any atom is -0.339 e. The van der Waals surface area contributed by atoms with Crippen LogP contribution in [0.1, 0.15) is 23.2 Å². The molecular weight excluding hydrogens is 256 g/mol. The van der Waals surface area contributed by atoms with Crippen LogP contribution in [-0.4, -0.2) is 35.7 Å². The molecule has 3 amide bonds. The number of amides is 3. The zero-order valence-corrected chi connectivity index (χ0v) is 10.9. The average Bonchev–Trinajstić information content (AvgIpc) is 3.09. The van der Waals surface area contributed by atoms with E-state index >= 15 is 0 Å². The van der Waals surface area contributed by atoms with Crippen LogP contribution in [0.5, 0.6) is 0 Å². The van der Waals surface area contributed by atoms with Crippen LogP contribution in [0.2, 0.25) is 0 Å². The summed E-state index contributed by atoms with van der Waals surface area (Å²) in [5.41, 5.74) is 1.07. The van der Waals surface area contributed by atoms with Crippen molar-refractivity contribution < 1.29 is 14.4 Å². The first-order valence-corrected chi connectivity index (χ1v) is 6.62. The van der Waals surface area contributed by atoms with Gasteiger partial charge in [0.15, 0.2) is 0 Å². The largest absolute Gasteiger partial charge is 0.339 e. The molecule has 1 saturated heterocycles. The predicted octanol–water partition coefficient (Wildman–Crippen LogP) is 1.35. The number of nitrogens with zero attached hydrogens (tertiary/aromatic N) is 2. The van der Waals surface area contributed by atoms with E-state index in [0.717, 1.165) is 30.8 Å². The molecule has 2 heterocycles. The summed E-state index contributed by atoms with van der Waals surface area (Å²) in [5, 5.41) is 0. The SMILES string of the molecule is O=C(c1ccc(N2C(=O)C=CC2=O)cc1)N1CCCC1. The Kier molecular flexibility index (Phi) is 3.10. The molecule has 1 aromatic carbocycles. The normalized spacial score (nSPS) is 18.2. The second-order valence-corrected chi connectivity index (χ2v) is 4.89. The number of carbonyl (C=O) groups is 3. The second-order valence-electron chi connectivity index (χ2n) is 4.89. The quantitative estimate of drug-likeness (QED) is 0.762. The van der Waals surface area contributed by atoms with Crippen molar-refractivity contribution in [3.8, 4) is 0 Å². The summed E-state index contributed by atoms with van der Waals surface area (Å²) >= 11 is 0. The van der Waals surface area contributed by atoms with E-state index in [1.807, 2.05) is 4.90 Å². The van der Waals surface area contributed by atoms with Crippen molar-refractivity contribution in [2.24, 2.45) is 0 Å². The Morgan fingerprint density at radius 3 is 2.00 bits per heavy atom. The van der Waals surface area contributed by atoms with Gasteiger partial charge >= 0.3 is 0 Å². The molecule has 2 aliphatic heterocycles. The van der Waals surface area contributed by atoms with E-state index in [4.69, 9.17) is 0 Å². The van der Waals surface area contributed by atoms with Crippen molar-refractivity contribution in [2.45, 2.75) is 12.8 Å². The zero-order valence-electron chi connectivity index (χ0n) is 10.9. The molecule has 5 heteroatoms. The number of benzene rings is 1. The lowest BCUT2D eigenvalue weighted by Crippen LogP contribution is -2.30. The van der Waals surface area contributed by atoms with Gasteiger partial charge in [0.1, 0.15) is 0 Å². The Balaban J connectivity index is 1.79. The van der Waals surface area contributed by atoms with Crippen LogP contribution in [0.4, 0.5) is 5.69 Å². The monoisotopic (exact) mass is 270 g/mol. The van der Waals surface area contributed by atoms with Gasteiger partial charge in [-0.1, -0.05) is 0 Å². The van der Waals surface area contributed by atoms with E-state index in [2.05, 4.69) is 0 Å². The molecule has 3 rings (SSSR count). The van der Waals surface area contributed by atoms with E-state index < -0.39 is 0 Å². The lowest BCUT2D eigenvalue weighted by atomic mass is 10.1. The van der Waals surface area contributed by atoms with Crippen LogP contribution in [0.15, 0.2) is 36.4 Å². The molecule has 0 atom stereocenters. The van der Waals surface area contributed by atoms with Crippen molar-refractivity contribution in [2.75, 3.05) is 18.0 Å². The fourth-order valence-electron chi connectivity index (χ4n) is 2.51. The summed E-state index contributed by atoms with van der Waals surface area (Å²) in [5.74, 6) is -0.700. The summed E-state index contributed by atoms with van der Waals surface area (Å²) < 4.78 is 0. The third-order valence-electron chi connectivity index (χ3n) is 3.57. The topological polar surface area (TPSA) is 57.7 Å². The Bertz CT molecular complexity index is 580. The highest BCUT2D eigenvalue weighted by Gasteiger charge is 2.25. The summed E-state index contributed by atoms with van der Waals surface area (Å²) in [7, 11) is 0. The van der Waals surface area contributed by atoms with E-state index in [-0.39, 0.29) is 17.7 Å². The highest BCUT2D eigenvalue weighted by Crippen LogP contribution is 2.21. The van der Waals surface area contributed by atoms with Crippen LogP contribution in [0, 0.1) is 0 Å². The molecule has 0 N–H and O–H groups in total. The summed E-state index contributed by atoms with van der Waals surface area (Å²) in [6.45, 7) is 1.60. The van der Waals surface area contributed by atoms with Crippen LogP contribution in [-0.2, 0) is 9.59 Å². The summed E-state index contributed by atoms with van der Waals surface area (Å²) in [4.78, 5) is 38.2. The Hall–Kier alpha value is -2.43. The van der Waals surface area contributed by atoms with Gasteiger partial charge in [0, 0.05) is 30.8 Å². The molecule has 0 spiro atoms. The molecule has 5 nitrogen and oxygen atoms in total. The van der Waals surface area contributed by atoms with Crippen molar-refractivity contribution in [3.05, 3.63) is 42.0 Å². The number of anilines is 1. The fourth-order valence-corrected chi connectivity index (χ4v) is 2.51. The number of imide groups is 1. The average molecular weight is 270 g/mol. The molecule has 0 bridgehead atoms. The Morgan fingerprint density at radius 1 is 0.900 bits per heavy atom. The highest BCUT2D eigenvalue weighted by atomic mass is 16.2. The maximum absolute atomic E-state index is 12.2. The van der Waals surface area contributed by atoms with Crippen molar-refractivity contribution in [1.82, 2.24) is 4.90 Å². The van der Waals surface area contributed by atoms with Crippen molar-refractivity contribution >= 4 is 23.4 Å². The number of rotatable bonds is 2. The van der Waals surface area contributed by atoms with Crippen molar-refractivity contribution in [1.29, 1.82) is 0 Å². The lowest BCUT2D eigenvalue weighted by Gasteiger charge is -2.17. The molecule has 2 aliphatic rings. The lowest BCUT2D eigenvalue weighted by molar-refractivity contribution is -0.119. The minimum atomic E-state index is -0.353. The molecule has 20 heavy (non-hydrogen) atoms. The van der Waals surface area contributed by atoms with Gasteiger partial charge < -0.3 is 4.90 Å². The van der Waals surface area contributed by atoms with Gasteiger partial charge in [0.25, 0.3) is 17.7 Å². The molecule has 0 radical (unpaired) electrons. The Morgan fingerprint density at radius 2 is 1.45 bits per heavy atom. The summed E-state index contributed by atoms with van der Waals surface area (Å²) in [6, 6.07) is 6.59. The van der Waals surface area contributed by atoms with Gasteiger partial charge in [-0.2, -0.15) is 0 Å². The zero-order chi connectivity index (χ0) is 14.1. The first kappa shape index (κ1) is 12.6. The minimum absolute atomic E-state index is 0.00579. The standard InChI is InChI=1S/C15H14N2O3/c18-13-7-8-14(19)17(13)12-5-3-11(4-6-12)15(20)16-9-1-2-10-16/h3-8H,1-2,9-10H2. The van der Waals surface area contributed by atoms with Gasteiger partial charge in [0.2, 0.25) is 0 Å². The Labute approximate surface area is 116 Å². The molecular formula is C15H14N2O3. The number of likely N-dealkylation sites (tertiary alicyclic amines) is 1. The van der Waals surface area contributed by atoms with Gasteiger partial charge in [-0.25, -0.2) is 4.90 Å². The van der Waals surface area contributed by atoms with Crippen molar-refractivity contribution in [3.63, 3.8) is 0 Å². The third kappa shape index (κ3) is 2.11. The van der Waals surface area contributed by atoms with Gasteiger partial charge in [-0.15, -0.1) is 0 Å². The smallest absolute Gasteiger partial charge is 0.258 e. The molecule has 0 aliphatic carbocycles. The van der Waals surface area contributed by atoms with E-state index in [1.54, 1.807) is 24.3 Å². The number of hydrogen-bond donors (Lipinski definition) is 0. The van der Waals surface area contributed by atoms with Crippen LogP contribution < -0.4 is 4.90 Å². The fraction of sp³-hybridized carbons (Fsp3) is 0.267. The molecule has 102 valence electrons. The van der Waals surface area contributed by atoms with E-state index in [1.165, 1.54) is 12.2 Å². The molecule has 1 fully saturated rings. The maximum atomic E-state index is 12.2. The number of carbonyl (C=O) groups excluding carboxylic acids is 3. The van der Waals surface area contributed by atoms with Crippen LogP contribution in [0.25, 0.3) is 0 Å². The number of hydrogen-bond acceptors (Lipinski definition) is 3. The second kappa shape index (κ2) is 4.92. The molecule has 1 aromatic rings. The first-order chi connectivity index (χ1) is 9.66. The third-order valence-corrected chi connectivity index (χ3v) is 3.57. The highest BCUT2D eigenvalue weighted by molar-refractivity contribution is 6.28.